The van der Waals surface area contributed by atoms with Crippen LogP contribution in [0.15, 0.2) is 42.6 Å². The lowest BCUT2D eigenvalue weighted by Crippen LogP contribution is -2.35. The van der Waals surface area contributed by atoms with Crippen molar-refractivity contribution in [3.63, 3.8) is 0 Å². The molecular formula is C37H39Cl2N9O3S. The normalized spacial score (nSPS) is 15.8. The number of ether oxygens (including phenoxy) is 1. The van der Waals surface area contributed by atoms with Crippen molar-refractivity contribution < 1.29 is 14.3 Å². The van der Waals surface area contributed by atoms with E-state index >= 15 is 0 Å². The van der Waals surface area contributed by atoms with E-state index in [1.54, 1.807) is 42.8 Å². The lowest BCUT2D eigenvalue weighted by atomic mass is 10.1. The van der Waals surface area contributed by atoms with Gasteiger partial charge in [0, 0.05) is 92.1 Å². The van der Waals surface area contributed by atoms with Gasteiger partial charge in [0.05, 0.1) is 50.6 Å². The summed E-state index contributed by atoms with van der Waals surface area (Å²) in [5.41, 5.74) is 6.58. The Morgan fingerprint density at radius 1 is 1.08 bits per heavy atom. The molecule has 6 heterocycles. The third-order valence-corrected chi connectivity index (χ3v) is 11.3. The Labute approximate surface area is 316 Å². The van der Waals surface area contributed by atoms with Gasteiger partial charge in [-0.05, 0) is 38.5 Å². The van der Waals surface area contributed by atoms with Crippen LogP contribution in [0.4, 0.5) is 5.69 Å². The molecule has 1 fully saturated rings. The average Bonchev–Trinajstić information content (AvgIpc) is 3.80. The number of nitrogens with zero attached hydrogens (tertiary/aromatic N) is 6. The van der Waals surface area contributed by atoms with Crippen LogP contribution in [0, 0.1) is 13.8 Å². The summed E-state index contributed by atoms with van der Waals surface area (Å²) in [5.74, 6) is 0.514. The summed E-state index contributed by atoms with van der Waals surface area (Å²) >= 11 is 15.7. The second-order valence-corrected chi connectivity index (χ2v) is 15.1. The molecule has 3 N–H and O–H groups in total. The maximum atomic E-state index is 13.7. The number of hydrogen-bond acceptors (Lipinski definition) is 10. The Kier molecular flexibility index (Phi) is 10.6. The van der Waals surface area contributed by atoms with Gasteiger partial charge in [-0.1, -0.05) is 41.4 Å². The van der Waals surface area contributed by atoms with Gasteiger partial charge in [-0.15, -0.1) is 11.3 Å². The molecule has 5 aromatic rings. The van der Waals surface area contributed by atoms with E-state index in [-0.39, 0.29) is 17.9 Å². The first-order chi connectivity index (χ1) is 25.1. The number of hydrogen-bond donors (Lipinski definition) is 3. The number of benzene rings is 1. The Morgan fingerprint density at radius 2 is 1.92 bits per heavy atom. The highest BCUT2D eigenvalue weighted by atomic mass is 35.5. The zero-order valence-corrected chi connectivity index (χ0v) is 31.7. The highest BCUT2D eigenvalue weighted by molar-refractivity contribution is 7.11. The number of amides is 2. The van der Waals surface area contributed by atoms with Crippen molar-refractivity contribution in [3.05, 3.63) is 91.0 Å². The second-order valence-electron chi connectivity index (χ2n) is 13.0. The number of fused-ring (bicyclic) bond motifs is 1. The Balaban J connectivity index is 1.07. The molecule has 12 nitrogen and oxygen atoms in total. The average molecular weight is 761 g/mol. The van der Waals surface area contributed by atoms with Gasteiger partial charge in [0.1, 0.15) is 0 Å². The van der Waals surface area contributed by atoms with Crippen LogP contribution in [0.3, 0.4) is 0 Å². The fraction of sp³-hybridized carbons (Fsp3) is 0.351. The van der Waals surface area contributed by atoms with Crippen LogP contribution in [-0.2, 0) is 37.9 Å². The molecule has 1 saturated heterocycles. The van der Waals surface area contributed by atoms with Gasteiger partial charge in [0.15, 0.2) is 5.82 Å². The highest BCUT2D eigenvalue weighted by Gasteiger charge is 2.27. The third-order valence-electron chi connectivity index (χ3n) is 9.50. The number of halogens is 2. The number of thiazole rings is 1. The van der Waals surface area contributed by atoms with E-state index in [2.05, 4.69) is 30.8 Å². The van der Waals surface area contributed by atoms with Gasteiger partial charge in [-0.2, -0.15) is 0 Å². The molecule has 2 aliphatic heterocycles. The maximum absolute atomic E-state index is 13.7. The van der Waals surface area contributed by atoms with Crippen molar-refractivity contribution in [1.82, 2.24) is 40.0 Å². The van der Waals surface area contributed by atoms with E-state index in [1.807, 2.05) is 43.7 Å². The van der Waals surface area contributed by atoms with E-state index < -0.39 is 0 Å². The smallest absolute Gasteiger partial charge is 0.291 e. The Morgan fingerprint density at radius 3 is 2.67 bits per heavy atom. The zero-order valence-electron chi connectivity index (χ0n) is 29.3. The quantitative estimate of drug-likeness (QED) is 0.146. The van der Waals surface area contributed by atoms with Gasteiger partial charge in [0.25, 0.3) is 5.91 Å². The number of carbonyl (C=O) groups excluding carboxylic acids is 2. The summed E-state index contributed by atoms with van der Waals surface area (Å²) in [5, 5.41) is 11.0. The van der Waals surface area contributed by atoms with Crippen molar-refractivity contribution in [2.45, 2.75) is 58.8 Å². The maximum Gasteiger partial charge on any atom is 0.291 e. The van der Waals surface area contributed by atoms with Crippen LogP contribution < -0.4 is 20.7 Å². The van der Waals surface area contributed by atoms with E-state index in [0.29, 0.717) is 76.0 Å². The fourth-order valence-electron chi connectivity index (χ4n) is 6.80. The first kappa shape index (κ1) is 36.0. The molecule has 7 rings (SSSR count). The summed E-state index contributed by atoms with van der Waals surface area (Å²) in [7, 11) is 3.45. The van der Waals surface area contributed by atoms with Crippen LogP contribution in [0.5, 0.6) is 5.88 Å². The van der Waals surface area contributed by atoms with Gasteiger partial charge in [-0.25, -0.2) is 15.0 Å². The van der Waals surface area contributed by atoms with Gasteiger partial charge in [0.2, 0.25) is 11.8 Å². The largest absolute Gasteiger partial charge is 0.481 e. The summed E-state index contributed by atoms with van der Waals surface area (Å²) in [4.78, 5) is 47.4. The minimum Gasteiger partial charge on any atom is -0.481 e. The molecule has 0 spiro atoms. The van der Waals surface area contributed by atoms with Gasteiger partial charge < -0.3 is 25.3 Å². The molecule has 4 aromatic heterocycles. The molecular weight excluding hydrogens is 721 g/mol. The van der Waals surface area contributed by atoms with Crippen LogP contribution in [0.1, 0.15) is 56.0 Å². The lowest BCUT2D eigenvalue weighted by molar-refractivity contribution is -0.119. The minimum atomic E-state index is -0.358. The van der Waals surface area contributed by atoms with Crippen LogP contribution in [0.2, 0.25) is 10.0 Å². The molecule has 0 unspecified atom stereocenters. The lowest BCUT2D eigenvalue weighted by Gasteiger charge is -2.26. The molecule has 0 bridgehead atoms. The van der Waals surface area contributed by atoms with Gasteiger partial charge >= 0.3 is 0 Å². The summed E-state index contributed by atoms with van der Waals surface area (Å²) in [6.45, 7) is 7.60. The first-order valence-corrected chi connectivity index (χ1v) is 18.7. The summed E-state index contributed by atoms with van der Waals surface area (Å²) in [6.07, 6.45) is 3.83. The third kappa shape index (κ3) is 7.42. The monoisotopic (exact) mass is 759 g/mol. The number of aromatic nitrogens is 5. The van der Waals surface area contributed by atoms with Crippen molar-refractivity contribution in [3.8, 4) is 28.4 Å². The number of aryl methyl sites for hydroxylation is 2. The number of pyridine rings is 2. The predicted molar refractivity (Wildman–Crippen MR) is 203 cm³/mol. The molecule has 1 atom stereocenters. The highest BCUT2D eigenvalue weighted by Crippen LogP contribution is 2.40. The van der Waals surface area contributed by atoms with Crippen molar-refractivity contribution in [1.29, 1.82) is 0 Å². The number of methoxy groups -OCH3 is 1. The first-order valence-electron chi connectivity index (χ1n) is 17.1. The summed E-state index contributed by atoms with van der Waals surface area (Å²) < 4.78 is 7.50. The van der Waals surface area contributed by atoms with Crippen molar-refractivity contribution in [2.24, 2.45) is 7.05 Å². The minimum absolute atomic E-state index is 0.0883. The van der Waals surface area contributed by atoms with Crippen LogP contribution in [0.25, 0.3) is 22.5 Å². The summed E-state index contributed by atoms with van der Waals surface area (Å²) in [6, 6.07) is 11.1. The van der Waals surface area contributed by atoms with Gasteiger partial charge in [-0.3, -0.25) is 19.5 Å². The van der Waals surface area contributed by atoms with Crippen molar-refractivity contribution >= 4 is 52.0 Å². The Bertz CT molecular complexity index is 2170. The van der Waals surface area contributed by atoms with E-state index in [1.165, 1.54) is 4.88 Å². The predicted octanol–water partition coefficient (Wildman–Crippen LogP) is 6.11. The van der Waals surface area contributed by atoms with E-state index in [9.17, 15) is 9.59 Å². The molecule has 0 aliphatic carbocycles. The standard InChI is InChI=1S/C37H39Cl2N9O3S/c1-20-30(52-21(2)42-20)19-48-15-13-29-28(18-48)44-35(47(29)3)36(50)45-27-7-5-6-25(32(27)38)34-33(39)24(12-14-41-34)26-10-8-22(37(46-26)51-4)16-40-17-23-9-11-31(49)43-23/h5-8,10,12,14,23,40H,9,11,13,15-19H2,1-4H3,(H,43,49)(H,45,50)/t23-/m1/s1. The topological polar surface area (TPSA) is 139 Å². The van der Waals surface area contributed by atoms with Crippen LogP contribution >= 0.6 is 34.5 Å². The molecule has 0 saturated carbocycles. The van der Waals surface area contributed by atoms with Crippen LogP contribution in [-0.4, -0.2) is 67.5 Å². The molecule has 270 valence electrons. The molecule has 15 heteroatoms. The number of anilines is 1. The Hall–Kier alpha value is -4.40. The molecule has 52 heavy (non-hydrogen) atoms. The zero-order chi connectivity index (χ0) is 36.5. The van der Waals surface area contributed by atoms with E-state index in [4.69, 9.17) is 37.9 Å². The molecule has 2 aliphatic rings. The molecule has 1 aromatic carbocycles. The number of nitrogens with one attached hydrogen (secondary N) is 3. The number of carbonyl (C=O) groups is 2. The SMILES string of the molecule is COc1nc(-c2ccnc(-c3cccc(NC(=O)c4nc5c(n4C)CCN(Cc4sc(C)nc4C)C5)c3Cl)c2Cl)ccc1CNC[C@H]1CCC(=O)N1. The van der Waals surface area contributed by atoms with E-state index in [0.717, 1.165) is 53.6 Å². The second kappa shape index (κ2) is 15.3. The molecule has 2 amide bonds. The fourth-order valence-corrected chi connectivity index (χ4v) is 8.36. The van der Waals surface area contributed by atoms with Crippen molar-refractivity contribution in [2.75, 3.05) is 25.5 Å². The number of rotatable bonds is 11. The number of imidazole rings is 1. The molecule has 0 radical (unpaired) electrons.